The molecule has 0 aliphatic rings. The Labute approximate surface area is 161 Å². The van der Waals surface area contributed by atoms with E-state index in [2.05, 4.69) is 12.2 Å². The first-order valence-electron chi connectivity index (χ1n) is 9.29. The molecule has 0 saturated carbocycles. The lowest BCUT2D eigenvalue weighted by Gasteiger charge is -2.26. The van der Waals surface area contributed by atoms with Crippen molar-refractivity contribution in [3.8, 4) is 11.5 Å². The highest BCUT2D eigenvalue weighted by Gasteiger charge is 2.34. The number of hydrogen-bond donors (Lipinski definition) is 1. The van der Waals surface area contributed by atoms with E-state index >= 15 is 0 Å². The van der Waals surface area contributed by atoms with Crippen molar-refractivity contribution in [3.63, 3.8) is 0 Å². The van der Waals surface area contributed by atoms with Crippen molar-refractivity contribution in [2.45, 2.75) is 52.0 Å². The molecule has 0 aliphatic heterocycles. The monoisotopic (exact) mass is 377 g/mol. The summed E-state index contributed by atoms with van der Waals surface area (Å²) in [5.41, 5.74) is -0.250. The average molecular weight is 377 g/mol. The first-order chi connectivity index (χ1) is 12.9. The summed E-state index contributed by atoms with van der Waals surface area (Å²) in [6, 6.07) is 5.47. The minimum Gasteiger partial charge on any atom is -0.493 e. The summed E-state index contributed by atoms with van der Waals surface area (Å²) < 4.78 is 15.9. The second-order valence-electron chi connectivity index (χ2n) is 6.51. The Morgan fingerprint density at radius 3 is 2.48 bits per heavy atom. The van der Waals surface area contributed by atoms with Gasteiger partial charge in [-0.15, -0.1) is 0 Å². The molecule has 0 spiro atoms. The molecule has 0 aliphatic carbocycles. The van der Waals surface area contributed by atoms with E-state index in [4.69, 9.17) is 14.2 Å². The highest BCUT2D eigenvalue weighted by molar-refractivity contribution is 5.96. The van der Waals surface area contributed by atoms with Crippen LogP contribution in [0.4, 0.5) is 0 Å². The van der Waals surface area contributed by atoms with Crippen LogP contribution in [0.25, 0.3) is 6.08 Å². The van der Waals surface area contributed by atoms with Crippen LogP contribution in [0.2, 0.25) is 0 Å². The number of esters is 1. The lowest BCUT2D eigenvalue weighted by molar-refractivity contribution is -0.150. The minimum atomic E-state index is -1.04. The second-order valence-corrected chi connectivity index (χ2v) is 6.51. The number of carbonyl (C=O) groups excluding carboxylic acids is 2. The van der Waals surface area contributed by atoms with Crippen molar-refractivity contribution in [1.82, 2.24) is 5.32 Å². The summed E-state index contributed by atoms with van der Waals surface area (Å²) in [5.74, 6) is 0.466. The van der Waals surface area contributed by atoms with Crippen LogP contribution in [0.5, 0.6) is 11.5 Å². The fourth-order valence-electron chi connectivity index (χ4n) is 2.66. The molecule has 1 amide bonds. The van der Waals surface area contributed by atoms with Crippen molar-refractivity contribution in [2.75, 3.05) is 20.8 Å². The molecule has 1 aromatic carbocycles. The van der Waals surface area contributed by atoms with Crippen LogP contribution in [0.3, 0.4) is 0 Å². The van der Waals surface area contributed by atoms with Gasteiger partial charge in [0, 0.05) is 6.08 Å². The van der Waals surface area contributed by atoms with Gasteiger partial charge in [-0.25, -0.2) is 4.79 Å². The number of nitrogens with one attached hydrogen (secondary N) is 1. The molecule has 6 heteroatoms. The molecular weight excluding hydrogens is 346 g/mol. The van der Waals surface area contributed by atoms with Gasteiger partial charge in [0.2, 0.25) is 5.91 Å². The number of methoxy groups -OCH3 is 2. The number of amides is 1. The van der Waals surface area contributed by atoms with Crippen LogP contribution in [0.1, 0.15) is 52.0 Å². The molecule has 27 heavy (non-hydrogen) atoms. The van der Waals surface area contributed by atoms with Crippen LogP contribution in [0.15, 0.2) is 24.3 Å². The summed E-state index contributed by atoms with van der Waals surface area (Å²) in [6.07, 6.45) is 6.33. The molecule has 1 aromatic rings. The van der Waals surface area contributed by atoms with Gasteiger partial charge in [-0.1, -0.05) is 32.8 Å². The van der Waals surface area contributed by atoms with Crippen molar-refractivity contribution >= 4 is 18.0 Å². The van der Waals surface area contributed by atoms with E-state index in [0.717, 1.165) is 24.8 Å². The third-order valence-electron chi connectivity index (χ3n) is 4.16. The molecule has 150 valence electrons. The maximum Gasteiger partial charge on any atom is 0.331 e. The normalized spacial score (nSPS) is 13.1. The van der Waals surface area contributed by atoms with Gasteiger partial charge in [0.1, 0.15) is 5.54 Å². The van der Waals surface area contributed by atoms with E-state index in [1.54, 1.807) is 26.2 Å². The van der Waals surface area contributed by atoms with Crippen molar-refractivity contribution < 1.29 is 23.8 Å². The summed E-state index contributed by atoms with van der Waals surface area (Å²) in [6.45, 7) is 6.35. The van der Waals surface area contributed by atoms with Gasteiger partial charge in [-0.3, -0.25) is 4.79 Å². The number of ether oxygens (including phenoxy) is 3. The summed E-state index contributed by atoms with van der Waals surface area (Å²) >= 11 is 0. The van der Waals surface area contributed by atoms with Crippen molar-refractivity contribution in [1.29, 1.82) is 0 Å². The summed E-state index contributed by atoms with van der Waals surface area (Å²) in [7, 11) is 2.89. The third-order valence-corrected chi connectivity index (χ3v) is 4.16. The number of carbonyl (C=O) groups is 2. The molecule has 1 atom stereocenters. The van der Waals surface area contributed by atoms with Crippen molar-refractivity contribution in [2.24, 2.45) is 0 Å². The van der Waals surface area contributed by atoms with Gasteiger partial charge in [0.15, 0.2) is 11.5 Å². The van der Waals surface area contributed by atoms with E-state index in [9.17, 15) is 9.59 Å². The molecule has 0 bridgehead atoms. The van der Waals surface area contributed by atoms with E-state index in [1.807, 2.05) is 19.1 Å². The van der Waals surface area contributed by atoms with Crippen LogP contribution in [-0.4, -0.2) is 38.2 Å². The zero-order valence-corrected chi connectivity index (χ0v) is 17.0. The average Bonchev–Trinajstić information content (AvgIpc) is 2.66. The Morgan fingerprint density at radius 2 is 1.89 bits per heavy atom. The Kier molecular flexibility index (Phi) is 9.40. The van der Waals surface area contributed by atoms with Gasteiger partial charge in [0.25, 0.3) is 0 Å². The highest BCUT2D eigenvalue weighted by atomic mass is 16.5. The fourth-order valence-corrected chi connectivity index (χ4v) is 2.66. The zero-order chi connectivity index (χ0) is 20.3. The molecule has 0 saturated heterocycles. The molecule has 0 heterocycles. The number of benzene rings is 1. The SMILES string of the molecule is CCCCOc1ccc(/C=C/C(=O)NC(C)(CCC)C(=O)OC)cc1OC. The van der Waals surface area contributed by atoms with E-state index in [-0.39, 0.29) is 5.91 Å². The van der Waals surface area contributed by atoms with Gasteiger partial charge in [-0.05, 0) is 43.5 Å². The van der Waals surface area contributed by atoms with Gasteiger partial charge in [-0.2, -0.15) is 0 Å². The second kappa shape index (κ2) is 11.3. The smallest absolute Gasteiger partial charge is 0.331 e. The predicted octanol–water partition coefficient (Wildman–Crippen LogP) is 3.74. The molecule has 0 radical (unpaired) electrons. The third kappa shape index (κ3) is 6.96. The lowest BCUT2D eigenvalue weighted by atomic mass is 9.96. The maximum absolute atomic E-state index is 12.3. The molecule has 1 rings (SSSR count). The predicted molar refractivity (Wildman–Crippen MR) is 106 cm³/mol. The topological polar surface area (TPSA) is 73.9 Å². The van der Waals surface area contributed by atoms with E-state index < -0.39 is 11.5 Å². The molecule has 0 aromatic heterocycles. The number of hydrogen-bond acceptors (Lipinski definition) is 5. The molecular formula is C21H31NO5. The van der Waals surface area contributed by atoms with Crippen LogP contribution in [0, 0.1) is 0 Å². The quantitative estimate of drug-likeness (QED) is 0.361. The molecule has 0 fully saturated rings. The Balaban J connectivity index is 2.82. The largest absolute Gasteiger partial charge is 0.493 e. The first-order valence-corrected chi connectivity index (χ1v) is 9.29. The number of rotatable bonds is 11. The standard InChI is InChI=1S/C21H31NO5/c1-6-8-14-27-17-11-9-16(15-18(17)25-4)10-12-19(23)22-21(3,13-7-2)20(24)26-5/h9-12,15H,6-8,13-14H2,1-5H3,(H,22,23)/b12-10+. The van der Waals surface area contributed by atoms with Gasteiger partial charge < -0.3 is 19.5 Å². The summed E-state index contributed by atoms with van der Waals surface area (Å²) in [5, 5.41) is 2.73. The zero-order valence-electron chi connectivity index (χ0n) is 17.0. The highest BCUT2D eigenvalue weighted by Crippen LogP contribution is 2.28. The lowest BCUT2D eigenvalue weighted by Crippen LogP contribution is -2.52. The molecule has 6 nitrogen and oxygen atoms in total. The van der Waals surface area contributed by atoms with Crippen LogP contribution in [-0.2, 0) is 14.3 Å². The van der Waals surface area contributed by atoms with E-state index in [0.29, 0.717) is 24.5 Å². The molecule has 1 N–H and O–H groups in total. The van der Waals surface area contributed by atoms with Crippen molar-refractivity contribution in [3.05, 3.63) is 29.8 Å². The van der Waals surface area contributed by atoms with Gasteiger partial charge >= 0.3 is 5.97 Å². The first kappa shape index (κ1) is 22.5. The Hall–Kier alpha value is -2.50. The summed E-state index contributed by atoms with van der Waals surface area (Å²) in [4.78, 5) is 24.2. The van der Waals surface area contributed by atoms with Crippen LogP contribution < -0.4 is 14.8 Å². The minimum absolute atomic E-state index is 0.362. The Morgan fingerprint density at radius 1 is 1.15 bits per heavy atom. The van der Waals surface area contributed by atoms with E-state index in [1.165, 1.54) is 13.2 Å². The number of unbranched alkanes of at least 4 members (excludes halogenated alkanes) is 1. The fraction of sp³-hybridized carbons (Fsp3) is 0.524. The molecule has 1 unspecified atom stereocenters. The Bertz CT molecular complexity index is 656. The van der Waals surface area contributed by atoms with Gasteiger partial charge in [0.05, 0.1) is 20.8 Å². The maximum atomic E-state index is 12.3. The van der Waals surface area contributed by atoms with Crippen LogP contribution >= 0.6 is 0 Å².